The molecule has 2 heterocycles. The summed E-state index contributed by atoms with van der Waals surface area (Å²) in [5, 5.41) is 3.23. The van der Waals surface area contributed by atoms with Crippen LogP contribution in [-0.4, -0.2) is 56.2 Å². The lowest BCUT2D eigenvalue weighted by atomic mass is 10.0. The quantitative estimate of drug-likeness (QED) is 0.548. The van der Waals surface area contributed by atoms with Crippen molar-refractivity contribution in [1.82, 2.24) is 14.5 Å². The molecular weight excluding hydrogens is 470 g/mol. The number of hydrogen-bond acceptors (Lipinski definition) is 5. The molecule has 0 bridgehead atoms. The van der Waals surface area contributed by atoms with Crippen LogP contribution in [0.3, 0.4) is 0 Å². The first-order chi connectivity index (χ1) is 16.8. The molecule has 2 aliphatic heterocycles. The van der Waals surface area contributed by atoms with Crippen molar-refractivity contribution >= 4 is 15.9 Å². The summed E-state index contributed by atoms with van der Waals surface area (Å²) in [4.78, 5) is 6.88. The number of nitrogens with zero attached hydrogens (tertiary/aromatic N) is 3. The minimum Gasteiger partial charge on any atom is -0.353 e. The number of aliphatic imine (C=N–C) groups is 1. The number of amidine groups is 1. The third kappa shape index (κ3) is 5.97. The van der Waals surface area contributed by atoms with Gasteiger partial charge in [0, 0.05) is 51.4 Å². The lowest BCUT2D eigenvalue weighted by Crippen LogP contribution is -2.52. The van der Waals surface area contributed by atoms with Crippen LogP contribution in [0.1, 0.15) is 43.4 Å². The van der Waals surface area contributed by atoms with Gasteiger partial charge in [-0.2, -0.15) is 4.31 Å². The molecule has 0 saturated carbocycles. The highest BCUT2D eigenvalue weighted by Gasteiger charge is 2.31. The van der Waals surface area contributed by atoms with Crippen LogP contribution < -0.4 is 5.32 Å². The van der Waals surface area contributed by atoms with E-state index in [9.17, 15) is 17.2 Å². The van der Waals surface area contributed by atoms with Gasteiger partial charge in [-0.1, -0.05) is 12.1 Å². The predicted octanol–water partition coefficient (Wildman–Crippen LogP) is 4.26. The molecule has 1 fully saturated rings. The number of unbranched alkanes of at least 4 members (excludes halogenated alkanes) is 1. The molecule has 188 valence electrons. The minimum atomic E-state index is -3.59. The average molecular weight is 503 g/mol. The molecular formula is C26H32F2N4O2S. The third-order valence-corrected chi connectivity index (χ3v) is 8.61. The fourth-order valence-electron chi connectivity index (χ4n) is 4.71. The van der Waals surface area contributed by atoms with Gasteiger partial charge in [-0.25, -0.2) is 22.2 Å². The van der Waals surface area contributed by atoms with E-state index in [1.807, 2.05) is 26.1 Å². The van der Waals surface area contributed by atoms with E-state index >= 15 is 0 Å². The predicted molar refractivity (Wildman–Crippen MR) is 134 cm³/mol. The van der Waals surface area contributed by atoms with E-state index in [2.05, 4.69) is 15.2 Å². The molecule has 0 aromatic heterocycles. The summed E-state index contributed by atoms with van der Waals surface area (Å²) in [6.07, 6.45) is 6.62. The zero-order valence-electron chi connectivity index (χ0n) is 20.1. The maximum absolute atomic E-state index is 13.4. The molecule has 4 rings (SSSR count). The van der Waals surface area contributed by atoms with Gasteiger partial charge in [0.1, 0.15) is 17.5 Å². The van der Waals surface area contributed by atoms with Crippen LogP contribution in [0.4, 0.5) is 8.78 Å². The molecule has 6 nitrogen and oxygen atoms in total. The van der Waals surface area contributed by atoms with Crippen LogP contribution in [0.5, 0.6) is 0 Å². The van der Waals surface area contributed by atoms with E-state index in [4.69, 9.17) is 0 Å². The SMILES string of the molecule is C[C@H]1CNCCN1S(=O)(=O)c1cccc(C2C=CN=C(CCCCc3cc(F)cc(F)c3)N2C)c1. The van der Waals surface area contributed by atoms with Gasteiger partial charge in [-0.05, 0) is 67.7 Å². The largest absolute Gasteiger partial charge is 0.353 e. The first-order valence-corrected chi connectivity index (χ1v) is 13.4. The van der Waals surface area contributed by atoms with Crippen LogP contribution in [0, 0.1) is 11.6 Å². The second kappa shape index (κ2) is 11.0. The van der Waals surface area contributed by atoms with Crippen LogP contribution in [-0.2, 0) is 16.4 Å². The molecule has 2 atom stereocenters. The van der Waals surface area contributed by atoms with Crippen LogP contribution in [0.15, 0.2) is 64.6 Å². The molecule has 2 aromatic carbocycles. The number of piperazine rings is 1. The Bertz CT molecular complexity index is 1200. The standard InChI is InChI=1S/C26H32F2N4O2S/c1-19-18-29-12-13-32(19)35(33,34)24-8-5-7-21(16-24)25-10-11-30-26(31(25)2)9-4-3-6-20-14-22(27)17-23(28)15-20/h5,7-8,10-11,14-17,19,25,29H,3-4,6,9,12-13,18H2,1-2H3/t19-,25?/m0/s1. The van der Waals surface area contributed by atoms with Gasteiger partial charge in [0.15, 0.2) is 0 Å². The molecule has 1 unspecified atom stereocenters. The maximum atomic E-state index is 13.4. The van der Waals surface area contributed by atoms with Gasteiger partial charge in [0.2, 0.25) is 10.0 Å². The molecule has 9 heteroatoms. The van der Waals surface area contributed by atoms with Gasteiger partial charge < -0.3 is 10.2 Å². The Balaban J connectivity index is 1.40. The Morgan fingerprint density at radius 2 is 1.83 bits per heavy atom. The Kier molecular flexibility index (Phi) is 7.98. The lowest BCUT2D eigenvalue weighted by Gasteiger charge is -2.34. The first kappa shape index (κ1) is 25.5. The molecule has 0 aliphatic carbocycles. The van der Waals surface area contributed by atoms with E-state index < -0.39 is 21.7 Å². The van der Waals surface area contributed by atoms with Crippen molar-refractivity contribution in [2.45, 2.75) is 49.6 Å². The number of rotatable bonds is 8. The van der Waals surface area contributed by atoms with Crippen molar-refractivity contribution in [3.63, 3.8) is 0 Å². The number of benzene rings is 2. The Labute approximate surface area is 206 Å². The molecule has 1 saturated heterocycles. The number of nitrogens with one attached hydrogen (secondary N) is 1. The zero-order valence-corrected chi connectivity index (χ0v) is 20.9. The van der Waals surface area contributed by atoms with E-state index in [0.29, 0.717) is 42.9 Å². The summed E-state index contributed by atoms with van der Waals surface area (Å²) in [6, 6.07) is 10.5. The molecule has 2 aromatic rings. The van der Waals surface area contributed by atoms with Crippen LogP contribution in [0.25, 0.3) is 0 Å². The third-order valence-electron chi connectivity index (χ3n) is 6.60. The molecule has 0 spiro atoms. The van der Waals surface area contributed by atoms with E-state index in [-0.39, 0.29) is 12.1 Å². The highest BCUT2D eigenvalue weighted by molar-refractivity contribution is 7.89. The molecule has 1 N–H and O–H groups in total. The molecule has 35 heavy (non-hydrogen) atoms. The maximum Gasteiger partial charge on any atom is 0.243 e. The van der Waals surface area contributed by atoms with Crippen molar-refractivity contribution < 1.29 is 17.2 Å². The summed E-state index contributed by atoms with van der Waals surface area (Å²) < 4.78 is 55.0. The molecule has 0 radical (unpaired) electrons. The van der Waals surface area contributed by atoms with Gasteiger partial charge in [-0.15, -0.1) is 0 Å². The Hall–Kier alpha value is -2.62. The van der Waals surface area contributed by atoms with E-state index in [1.165, 1.54) is 12.1 Å². The molecule has 0 amide bonds. The van der Waals surface area contributed by atoms with E-state index in [1.54, 1.807) is 28.7 Å². The van der Waals surface area contributed by atoms with Gasteiger partial charge in [0.05, 0.1) is 10.9 Å². The summed E-state index contributed by atoms with van der Waals surface area (Å²) >= 11 is 0. The number of aryl methyl sites for hydroxylation is 1. The minimum absolute atomic E-state index is 0.0998. The summed E-state index contributed by atoms with van der Waals surface area (Å²) in [7, 11) is -1.63. The fraction of sp³-hybridized carbons (Fsp3) is 0.423. The van der Waals surface area contributed by atoms with Crippen molar-refractivity contribution in [3.05, 3.63) is 77.5 Å². The Morgan fingerprint density at radius 1 is 1.09 bits per heavy atom. The summed E-state index contributed by atoms with van der Waals surface area (Å²) in [6.45, 7) is 3.65. The number of likely N-dealkylation sites (N-methyl/N-ethyl adjacent to an activating group) is 1. The second-order valence-corrected chi connectivity index (χ2v) is 11.1. The van der Waals surface area contributed by atoms with Gasteiger partial charge >= 0.3 is 0 Å². The highest BCUT2D eigenvalue weighted by atomic mass is 32.2. The first-order valence-electron chi connectivity index (χ1n) is 12.0. The van der Waals surface area contributed by atoms with Crippen molar-refractivity contribution in [3.8, 4) is 0 Å². The monoisotopic (exact) mass is 502 g/mol. The average Bonchev–Trinajstić information content (AvgIpc) is 2.82. The lowest BCUT2D eigenvalue weighted by molar-refractivity contribution is 0.284. The molecule has 2 aliphatic rings. The number of hydrogen-bond donors (Lipinski definition) is 1. The van der Waals surface area contributed by atoms with Crippen LogP contribution in [0.2, 0.25) is 0 Å². The Morgan fingerprint density at radius 3 is 2.57 bits per heavy atom. The smallest absolute Gasteiger partial charge is 0.243 e. The summed E-state index contributed by atoms with van der Waals surface area (Å²) in [5.74, 6) is -0.216. The van der Waals surface area contributed by atoms with E-state index in [0.717, 1.165) is 30.3 Å². The zero-order chi connectivity index (χ0) is 25.0. The second-order valence-electron chi connectivity index (χ2n) is 9.17. The topological polar surface area (TPSA) is 65.0 Å². The van der Waals surface area contributed by atoms with Crippen molar-refractivity contribution in [2.24, 2.45) is 4.99 Å². The van der Waals surface area contributed by atoms with Gasteiger partial charge in [-0.3, -0.25) is 0 Å². The number of halogens is 2. The van der Waals surface area contributed by atoms with Gasteiger partial charge in [0.25, 0.3) is 0 Å². The number of sulfonamides is 1. The normalized spacial score (nSPS) is 21.3. The fourth-order valence-corrected chi connectivity index (χ4v) is 6.39. The van der Waals surface area contributed by atoms with Crippen molar-refractivity contribution in [1.29, 1.82) is 0 Å². The summed E-state index contributed by atoms with van der Waals surface area (Å²) in [5.41, 5.74) is 1.53. The van der Waals surface area contributed by atoms with Crippen molar-refractivity contribution in [2.75, 3.05) is 26.7 Å². The van der Waals surface area contributed by atoms with Crippen LogP contribution >= 0.6 is 0 Å². The highest BCUT2D eigenvalue weighted by Crippen LogP contribution is 2.29.